The standard InChI is InChI=1S/C15H30O2/c1-4-6-7-8-9-10-11-12-13-15(3,5-2)14(16)17/h4-13H2,1-3H3,(H,16,17). The van der Waals surface area contributed by atoms with E-state index in [9.17, 15) is 4.79 Å². The predicted molar refractivity (Wildman–Crippen MR) is 73.3 cm³/mol. The molecular formula is C15H30O2. The van der Waals surface area contributed by atoms with Gasteiger partial charge in [-0.05, 0) is 19.8 Å². The summed E-state index contributed by atoms with van der Waals surface area (Å²) in [6, 6.07) is 0. The highest BCUT2D eigenvalue weighted by atomic mass is 16.4. The molecule has 0 heterocycles. The Morgan fingerprint density at radius 2 is 1.41 bits per heavy atom. The minimum Gasteiger partial charge on any atom is -0.481 e. The molecule has 0 fully saturated rings. The van der Waals surface area contributed by atoms with Crippen molar-refractivity contribution < 1.29 is 9.90 Å². The van der Waals surface area contributed by atoms with Crippen LogP contribution in [-0.2, 0) is 4.79 Å². The Morgan fingerprint density at radius 1 is 0.941 bits per heavy atom. The van der Waals surface area contributed by atoms with Crippen LogP contribution in [-0.4, -0.2) is 11.1 Å². The van der Waals surface area contributed by atoms with Crippen molar-refractivity contribution in [1.29, 1.82) is 0 Å². The van der Waals surface area contributed by atoms with Crippen molar-refractivity contribution in [3.63, 3.8) is 0 Å². The predicted octanol–water partition coefficient (Wildman–Crippen LogP) is 5.02. The molecule has 0 rings (SSSR count). The minimum absolute atomic E-state index is 0.498. The van der Waals surface area contributed by atoms with E-state index in [0.717, 1.165) is 19.3 Å². The number of aliphatic carboxylic acids is 1. The van der Waals surface area contributed by atoms with Crippen LogP contribution in [0.1, 0.15) is 85.0 Å². The Labute approximate surface area is 107 Å². The molecule has 0 spiro atoms. The molecule has 0 radical (unpaired) electrons. The number of hydrogen-bond acceptors (Lipinski definition) is 1. The summed E-state index contributed by atoms with van der Waals surface area (Å²) in [7, 11) is 0. The summed E-state index contributed by atoms with van der Waals surface area (Å²) in [5, 5.41) is 9.13. The first-order chi connectivity index (χ1) is 8.06. The van der Waals surface area contributed by atoms with Crippen molar-refractivity contribution in [2.45, 2.75) is 85.0 Å². The molecule has 0 aromatic rings. The van der Waals surface area contributed by atoms with Crippen molar-refractivity contribution in [2.75, 3.05) is 0 Å². The number of rotatable bonds is 11. The second kappa shape index (κ2) is 9.49. The summed E-state index contributed by atoms with van der Waals surface area (Å²) in [5.41, 5.74) is -0.498. The first-order valence-electron chi connectivity index (χ1n) is 7.30. The zero-order valence-corrected chi connectivity index (χ0v) is 11.9. The average Bonchev–Trinajstić information content (AvgIpc) is 2.32. The minimum atomic E-state index is -0.636. The van der Waals surface area contributed by atoms with Crippen LogP contribution >= 0.6 is 0 Å². The maximum absolute atomic E-state index is 11.1. The molecule has 2 heteroatoms. The highest BCUT2D eigenvalue weighted by Crippen LogP contribution is 2.28. The second-order valence-corrected chi connectivity index (χ2v) is 5.44. The van der Waals surface area contributed by atoms with E-state index in [2.05, 4.69) is 6.92 Å². The van der Waals surface area contributed by atoms with Gasteiger partial charge in [0, 0.05) is 0 Å². The summed E-state index contributed by atoms with van der Waals surface area (Å²) in [6.45, 7) is 6.08. The van der Waals surface area contributed by atoms with E-state index < -0.39 is 11.4 Å². The Balaban J connectivity index is 3.47. The van der Waals surface area contributed by atoms with Gasteiger partial charge in [0.1, 0.15) is 0 Å². The van der Waals surface area contributed by atoms with Gasteiger partial charge in [-0.1, -0.05) is 65.2 Å². The van der Waals surface area contributed by atoms with Crippen LogP contribution in [0.2, 0.25) is 0 Å². The van der Waals surface area contributed by atoms with Crippen LogP contribution in [0.3, 0.4) is 0 Å². The lowest BCUT2D eigenvalue weighted by atomic mass is 9.82. The highest BCUT2D eigenvalue weighted by Gasteiger charge is 2.29. The van der Waals surface area contributed by atoms with Crippen molar-refractivity contribution in [1.82, 2.24) is 0 Å². The van der Waals surface area contributed by atoms with Gasteiger partial charge < -0.3 is 5.11 Å². The number of carboxylic acids is 1. The van der Waals surface area contributed by atoms with Crippen LogP contribution in [0, 0.1) is 5.41 Å². The quantitative estimate of drug-likeness (QED) is 0.517. The largest absolute Gasteiger partial charge is 0.481 e. The SMILES string of the molecule is CCCCCCCCCCC(C)(CC)C(=O)O. The van der Waals surface area contributed by atoms with Crippen LogP contribution in [0.25, 0.3) is 0 Å². The normalized spacial score (nSPS) is 14.5. The third-order valence-corrected chi connectivity index (χ3v) is 3.88. The van der Waals surface area contributed by atoms with Crippen molar-refractivity contribution in [3.8, 4) is 0 Å². The van der Waals surface area contributed by atoms with Crippen LogP contribution in [0.5, 0.6) is 0 Å². The van der Waals surface area contributed by atoms with Gasteiger partial charge in [-0.2, -0.15) is 0 Å². The maximum Gasteiger partial charge on any atom is 0.309 e. The average molecular weight is 242 g/mol. The van der Waals surface area contributed by atoms with Crippen LogP contribution in [0.15, 0.2) is 0 Å². The Bertz CT molecular complexity index is 201. The van der Waals surface area contributed by atoms with E-state index in [1.54, 1.807) is 0 Å². The number of carboxylic acid groups (broad SMARTS) is 1. The lowest BCUT2D eigenvalue weighted by Gasteiger charge is -2.22. The molecule has 0 amide bonds. The second-order valence-electron chi connectivity index (χ2n) is 5.44. The summed E-state index contributed by atoms with van der Waals surface area (Å²) < 4.78 is 0. The molecule has 0 aliphatic heterocycles. The monoisotopic (exact) mass is 242 g/mol. The van der Waals surface area contributed by atoms with Crippen molar-refractivity contribution >= 4 is 5.97 Å². The molecule has 1 N–H and O–H groups in total. The fourth-order valence-electron chi connectivity index (χ4n) is 2.08. The fraction of sp³-hybridized carbons (Fsp3) is 0.933. The Morgan fingerprint density at radius 3 is 1.82 bits per heavy atom. The number of carbonyl (C=O) groups is 1. The molecular weight excluding hydrogens is 212 g/mol. The summed E-state index contributed by atoms with van der Waals surface area (Å²) in [4.78, 5) is 11.1. The van der Waals surface area contributed by atoms with Gasteiger partial charge in [0.2, 0.25) is 0 Å². The molecule has 0 saturated heterocycles. The zero-order chi connectivity index (χ0) is 13.1. The number of unbranched alkanes of at least 4 members (excludes halogenated alkanes) is 7. The van der Waals surface area contributed by atoms with Gasteiger partial charge in [0.05, 0.1) is 5.41 Å². The van der Waals surface area contributed by atoms with E-state index in [-0.39, 0.29) is 0 Å². The summed E-state index contributed by atoms with van der Waals surface area (Å²) >= 11 is 0. The first kappa shape index (κ1) is 16.5. The van der Waals surface area contributed by atoms with Gasteiger partial charge in [0.15, 0.2) is 0 Å². The molecule has 102 valence electrons. The fourth-order valence-corrected chi connectivity index (χ4v) is 2.08. The van der Waals surface area contributed by atoms with E-state index in [4.69, 9.17) is 5.11 Å². The van der Waals surface area contributed by atoms with Gasteiger partial charge in [-0.25, -0.2) is 0 Å². The molecule has 0 aliphatic rings. The molecule has 2 nitrogen and oxygen atoms in total. The van der Waals surface area contributed by atoms with E-state index in [0.29, 0.717) is 0 Å². The third-order valence-electron chi connectivity index (χ3n) is 3.88. The third kappa shape index (κ3) is 7.40. The van der Waals surface area contributed by atoms with Crippen LogP contribution < -0.4 is 0 Å². The van der Waals surface area contributed by atoms with Crippen LogP contribution in [0.4, 0.5) is 0 Å². The molecule has 0 aromatic heterocycles. The topological polar surface area (TPSA) is 37.3 Å². The molecule has 0 saturated carbocycles. The van der Waals surface area contributed by atoms with Gasteiger partial charge in [-0.15, -0.1) is 0 Å². The lowest BCUT2D eigenvalue weighted by molar-refractivity contribution is -0.148. The van der Waals surface area contributed by atoms with E-state index >= 15 is 0 Å². The van der Waals surface area contributed by atoms with Gasteiger partial charge in [-0.3, -0.25) is 4.79 Å². The van der Waals surface area contributed by atoms with E-state index in [1.165, 1.54) is 44.9 Å². The highest BCUT2D eigenvalue weighted by molar-refractivity contribution is 5.73. The lowest BCUT2D eigenvalue weighted by Crippen LogP contribution is -2.26. The smallest absolute Gasteiger partial charge is 0.309 e. The summed E-state index contributed by atoms with van der Waals surface area (Å²) in [6.07, 6.45) is 11.8. The van der Waals surface area contributed by atoms with E-state index in [1.807, 2.05) is 13.8 Å². The van der Waals surface area contributed by atoms with Crippen molar-refractivity contribution in [3.05, 3.63) is 0 Å². The first-order valence-corrected chi connectivity index (χ1v) is 7.30. The van der Waals surface area contributed by atoms with Crippen molar-refractivity contribution in [2.24, 2.45) is 5.41 Å². The number of hydrogen-bond donors (Lipinski definition) is 1. The molecule has 1 unspecified atom stereocenters. The Hall–Kier alpha value is -0.530. The van der Waals surface area contributed by atoms with Gasteiger partial charge in [0.25, 0.3) is 0 Å². The molecule has 17 heavy (non-hydrogen) atoms. The van der Waals surface area contributed by atoms with Gasteiger partial charge >= 0.3 is 5.97 Å². The Kier molecular flexibility index (Phi) is 9.20. The summed E-state index contributed by atoms with van der Waals surface area (Å²) in [5.74, 6) is -0.636. The maximum atomic E-state index is 11.1. The molecule has 0 bridgehead atoms. The molecule has 0 aromatic carbocycles. The zero-order valence-electron chi connectivity index (χ0n) is 11.9. The molecule has 1 atom stereocenters. The molecule has 0 aliphatic carbocycles.